The summed E-state index contributed by atoms with van der Waals surface area (Å²) >= 11 is 3.61. The van der Waals surface area contributed by atoms with E-state index in [1.165, 1.54) is 16.5 Å². The van der Waals surface area contributed by atoms with Gasteiger partial charge in [-0.1, -0.05) is 48.0 Å². The van der Waals surface area contributed by atoms with Gasteiger partial charge in [-0.3, -0.25) is 4.90 Å². The van der Waals surface area contributed by atoms with E-state index in [-0.39, 0.29) is 0 Å². The van der Waals surface area contributed by atoms with E-state index in [9.17, 15) is 0 Å². The van der Waals surface area contributed by atoms with Crippen LogP contribution in [0, 0.1) is 0 Å². The first-order chi connectivity index (χ1) is 8.50. The molecule has 0 aromatic heterocycles. The lowest BCUT2D eigenvalue weighted by atomic mass is 10.1. The van der Waals surface area contributed by atoms with Gasteiger partial charge in [-0.15, -0.1) is 0 Å². The van der Waals surface area contributed by atoms with Gasteiger partial charge in [0.2, 0.25) is 0 Å². The Morgan fingerprint density at radius 1 is 1.22 bits per heavy atom. The minimum absolute atomic E-state index is 0.575. The molecule has 0 saturated carbocycles. The van der Waals surface area contributed by atoms with Gasteiger partial charge < -0.3 is 5.32 Å². The van der Waals surface area contributed by atoms with E-state index in [1.807, 2.05) is 0 Å². The van der Waals surface area contributed by atoms with Gasteiger partial charge in [0.1, 0.15) is 0 Å². The Balaban J connectivity index is 2.40. The Hall–Kier alpha value is -0.380. The zero-order valence-corrected chi connectivity index (χ0v) is 13.5. The molecule has 3 heteroatoms. The van der Waals surface area contributed by atoms with Crippen molar-refractivity contribution >= 4 is 15.9 Å². The molecule has 1 N–H and O–H groups in total. The molecule has 0 heterocycles. The van der Waals surface area contributed by atoms with Crippen molar-refractivity contribution in [2.45, 2.75) is 45.8 Å². The Labute approximate surface area is 120 Å². The summed E-state index contributed by atoms with van der Waals surface area (Å²) in [6.07, 6.45) is 1.18. The zero-order valence-electron chi connectivity index (χ0n) is 11.9. The normalized spacial score (nSPS) is 13.3. The summed E-state index contributed by atoms with van der Waals surface area (Å²) in [5.41, 5.74) is 1.35. The second-order valence-electron chi connectivity index (χ2n) is 5.25. The van der Waals surface area contributed by atoms with Crippen LogP contribution in [0.4, 0.5) is 0 Å². The molecule has 1 unspecified atom stereocenters. The van der Waals surface area contributed by atoms with Crippen LogP contribution < -0.4 is 5.32 Å². The second-order valence-corrected chi connectivity index (χ2v) is 6.11. The molecule has 2 nitrogen and oxygen atoms in total. The summed E-state index contributed by atoms with van der Waals surface area (Å²) in [7, 11) is 2.19. The van der Waals surface area contributed by atoms with E-state index in [0.717, 1.165) is 13.1 Å². The topological polar surface area (TPSA) is 15.3 Å². The molecule has 1 atom stereocenters. The van der Waals surface area contributed by atoms with Crippen LogP contribution in [-0.2, 0) is 6.54 Å². The lowest BCUT2D eigenvalue weighted by Crippen LogP contribution is -2.33. The third kappa shape index (κ3) is 5.51. The highest BCUT2D eigenvalue weighted by molar-refractivity contribution is 9.10. The molecule has 0 radical (unpaired) electrons. The van der Waals surface area contributed by atoms with Gasteiger partial charge in [0.05, 0.1) is 0 Å². The van der Waals surface area contributed by atoms with Crippen molar-refractivity contribution < 1.29 is 0 Å². The Bertz CT molecular complexity index is 352. The molecule has 18 heavy (non-hydrogen) atoms. The van der Waals surface area contributed by atoms with E-state index in [4.69, 9.17) is 0 Å². The van der Waals surface area contributed by atoms with Gasteiger partial charge in [-0.05, 0) is 38.6 Å². The highest BCUT2D eigenvalue weighted by Crippen LogP contribution is 2.18. The average Bonchev–Trinajstić information content (AvgIpc) is 2.31. The molecule has 0 aliphatic rings. The third-order valence-corrected chi connectivity index (χ3v) is 4.02. The van der Waals surface area contributed by atoms with Crippen LogP contribution in [0.1, 0.15) is 32.8 Å². The van der Waals surface area contributed by atoms with E-state index in [2.05, 4.69) is 78.2 Å². The number of benzene rings is 1. The fraction of sp³-hybridized carbons (Fsp3) is 0.600. The van der Waals surface area contributed by atoms with Crippen LogP contribution in [0.5, 0.6) is 0 Å². The maximum Gasteiger partial charge on any atom is 0.0244 e. The number of hydrogen-bond acceptors (Lipinski definition) is 2. The maximum atomic E-state index is 3.61. The van der Waals surface area contributed by atoms with Crippen molar-refractivity contribution in [3.63, 3.8) is 0 Å². The minimum Gasteiger partial charge on any atom is -0.314 e. The smallest absolute Gasteiger partial charge is 0.0244 e. The Kier molecular flexibility index (Phi) is 6.90. The molecule has 1 aromatic rings. The molecule has 0 aliphatic heterocycles. The summed E-state index contributed by atoms with van der Waals surface area (Å²) in [6.45, 7) is 8.74. The molecular formula is C15H25BrN2. The van der Waals surface area contributed by atoms with Crippen molar-refractivity contribution in [3.8, 4) is 0 Å². The number of halogens is 1. The van der Waals surface area contributed by atoms with Crippen molar-refractivity contribution in [2.24, 2.45) is 0 Å². The van der Waals surface area contributed by atoms with Gasteiger partial charge in [0, 0.05) is 23.1 Å². The first kappa shape index (κ1) is 15.7. The highest BCUT2D eigenvalue weighted by Gasteiger charge is 2.10. The Morgan fingerprint density at radius 3 is 2.50 bits per heavy atom. The van der Waals surface area contributed by atoms with Crippen LogP contribution in [-0.4, -0.2) is 30.6 Å². The van der Waals surface area contributed by atoms with Crippen LogP contribution in [0.3, 0.4) is 0 Å². The molecule has 1 rings (SSSR count). The van der Waals surface area contributed by atoms with Crippen molar-refractivity contribution in [3.05, 3.63) is 34.3 Å². The average molecular weight is 313 g/mol. The first-order valence-electron chi connectivity index (χ1n) is 6.67. The summed E-state index contributed by atoms with van der Waals surface area (Å²) in [4.78, 5) is 2.40. The number of hydrogen-bond donors (Lipinski definition) is 1. The van der Waals surface area contributed by atoms with Crippen molar-refractivity contribution in [1.29, 1.82) is 0 Å². The fourth-order valence-electron chi connectivity index (χ4n) is 1.85. The zero-order chi connectivity index (χ0) is 13.5. The van der Waals surface area contributed by atoms with Crippen molar-refractivity contribution in [1.82, 2.24) is 10.2 Å². The van der Waals surface area contributed by atoms with Crippen LogP contribution in [0.15, 0.2) is 28.7 Å². The van der Waals surface area contributed by atoms with Gasteiger partial charge in [0.15, 0.2) is 0 Å². The molecule has 0 amide bonds. The van der Waals surface area contributed by atoms with Crippen LogP contribution in [0.2, 0.25) is 0 Å². The van der Waals surface area contributed by atoms with Gasteiger partial charge >= 0.3 is 0 Å². The minimum atomic E-state index is 0.575. The van der Waals surface area contributed by atoms with Crippen molar-refractivity contribution in [2.75, 3.05) is 13.6 Å². The standard InChI is InChI=1S/C15H25BrN2/c1-12(2)17-10-9-13(3)18(4)11-14-7-5-6-8-15(14)16/h5-8,12-13,17H,9-11H2,1-4H3. The second kappa shape index (κ2) is 7.93. The maximum absolute atomic E-state index is 3.61. The quantitative estimate of drug-likeness (QED) is 0.826. The lowest BCUT2D eigenvalue weighted by molar-refractivity contribution is 0.235. The Morgan fingerprint density at radius 2 is 1.89 bits per heavy atom. The molecule has 0 bridgehead atoms. The van der Waals surface area contributed by atoms with E-state index >= 15 is 0 Å². The lowest BCUT2D eigenvalue weighted by Gasteiger charge is -2.25. The first-order valence-corrected chi connectivity index (χ1v) is 7.47. The highest BCUT2D eigenvalue weighted by atomic mass is 79.9. The van der Waals surface area contributed by atoms with Gasteiger partial charge in [-0.2, -0.15) is 0 Å². The third-order valence-electron chi connectivity index (χ3n) is 3.24. The largest absolute Gasteiger partial charge is 0.314 e. The summed E-state index contributed by atoms with van der Waals surface area (Å²) in [5, 5.41) is 3.47. The van der Waals surface area contributed by atoms with E-state index in [0.29, 0.717) is 12.1 Å². The molecule has 0 saturated heterocycles. The molecule has 1 aromatic carbocycles. The number of rotatable bonds is 7. The number of nitrogens with one attached hydrogen (secondary N) is 1. The molecular weight excluding hydrogens is 288 g/mol. The van der Waals surface area contributed by atoms with E-state index in [1.54, 1.807) is 0 Å². The molecule has 102 valence electrons. The SMILES string of the molecule is CC(C)NCCC(C)N(C)Cc1ccccc1Br. The van der Waals surface area contributed by atoms with Gasteiger partial charge in [0.25, 0.3) is 0 Å². The van der Waals surface area contributed by atoms with Crippen LogP contribution >= 0.6 is 15.9 Å². The monoisotopic (exact) mass is 312 g/mol. The summed E-state index contributed by atoms with van der Waals surface area (Å²) in [5.74, 6) is 0. The molecule has 0 fully saturated rings. The predicted molar refractivity (Wildman–Crippen MR) is 82.8 cm³/mol. The van der Waals surface area contributed by atoms with Gasteiger partial charge in [-0.25, -0.2) is 0 Å². The molecule has 0 spiro atoms. The van der Waals surface area contributed by atoms with E-state index < -0.39 is 0 Å². The molecule has 0 aliphatic carbocycles. The fourth-order valence-corrected chi connectivity index (χ4v) is 2.26. The van der Waals surface area contributed by atoms with Crippen LogP contribution in [0.25, 0.3) is 0 Å². The number of nitrogens with zero attached hydrogens (tertiary/aromatic N) is 1. The summed E-state index contributed by atoms with van der Waals surface area (Å²) in [6, 6.07) is 9.60. The summed E-state index contributed by atoms with van der Waals surface area (Å²) < 4.78 is 1.20. The predicted octanol–water partition coefficient (Wildman–Crippen LogP) is 3.66.